The van der Waals surface area contributed by atoms with Crippen LogP contribution in [0.3, 0.4) is 0 Å². The minimum Gasteiger partial charge on any atom is -0.486 e. The normalized spacial score (nSPS) is 15.1. The monoisotopic (exact) mass is 436 g/mol. The maximum atomic E-state index is 13.2. The van der Waals surface area contributed by atoms with Gasteiger partial charge in [-0.05, 0) is 38.0 Å². The zero-order valence-corrected chi connectivity index (χ0v) is 18.1. The van der Waals surface area contributed by atoms with Gasteiger partial charge in [-0.2, -0.15) is 5.10 Å². The molecule has 0 saturated heterocycles. The minimum atomic E-state index is -0.743. The molecular formula is C23H24N4O5. The Balaban J connectivity index is 1.44. The number of aromatic nitrogens is 3. The molecule has 9 heteroatoms. The van der Waals surface area contributed by atoms with E-state index in [1.165, 1.54) is 4.68 Å². The molecule has 2 atom stereocenters. The van der Waals surface area contributed by atoms with Crippen LogP contribution in [0.4, 0.5) is 0 Å². The second-order valence-electron chi connectivity index (χ2n) is 7.89. The Bertz CT molecular complexity index is 1380. The first-order valence-corrected chi connectivity index (χ1v) is 10.7. The van der Waals surface area contributed by atoms with Gasteiger partial charge in [0.05, 0.1) is 17.8 Å². The highest BCUT2D eigenvalue weighted by molar-refractivity contribution is 5.83. The Morgan fingerprint density at radius 1 is 1.16 bits per heavy atom. The maximum Gasteiger partial charge on any atom is 0.291 e. The van der Waals surface area contributed by atoms with Gasteiger partial charge in [-0.25, -0.2) is 4.68 Å². The fourth-order valence-corrected chi connectivity index (χ4v) is 4.20. The van der Waals surface area contributed by atoms with E-state index in [1.807, 2.05) is 32.0 Å². The number of carbonyl (C=O) groups is 1. The highest BCUT2D eigenvalue weighted by Crippen LogP contribution is 2.32. The maximum absolute atomic E-state index is 13.2. The lowest BCUT2D eigenvalue weighted by molar-refractivity contribution is -0.125. The van der Waals surface area contributed by atoms with E-state index in [4.69, 9.17) is 13.9 Å². The molecule has 3 aromatic heterocycles. The lowest BCUT2D eigenvalue weighted by atomic mass is 10.1. The molecule has 0 spiro atoms. The quantitative estimate of drug-likeness (QED) is 0.516. The van der Waals surface area contributed by atoms with Crippen molar-refractivity contribution in [3.05, 3.63) is 58.3 Å². The Kier molecular flexibility index (Phi) is 4.88. The Morgan fingerprint density at radius 3 is 2.72 bits per heavy atom. The van der Waals surface area contributed by atoms with E-state index in [1.54, 1.807) is 29.7 Å². The van der Waals surface area contributed by atoms with Crippen LogP contribution in [0, 0.1) is 6.92 Å². The van der Waals surface area contributed by atoms with Crippen molar-refractivity contribution in [1.29, 1.82) is 0 Å². The van der Waals surface area contributed by atoms with Gasteiger partial charge in [0.2, 0.25) is 5.91 Å². The van der Waals surface area contributed by atoms with E-state index < -0.39 is 6.04 Å². The molecule has 1 aromatic carbocycles. The Labute approximate surface area is 183 Å². The summed E-state index contributed by atoms with van der Waals surface area (Å²) in [6.07, 6.45) is 1.99. The highest BCUT2D eigenvalue weighted by Gasteiger charge is 2.26. The first-order chi connectivity index (χ1) is 15.5. The topological polar surface area (TPSA) is 100 Å². The number of amides is 1. The second-order valence-corrected chi connectivity index (χ2v) is 7.89. The Morgan fingerprint density at radius 2 is 1.94 bits per heavy atom. The predicted octanol–water partition coefficient (Wildman–Crippen LogP) is 3.15. The van der Waals surface area contributed by atoms with Crippen molar-refractivity contribution < 1.29 is 18.7 Å². The van der Waals surface area contributed by atoms with Gasteiger partial charge < -0.3 is 19.2 Å². The molecule has 1 aliphatic heterocycles. The molecule has 2 unspecified atom stereocenters. The SMILES string of the molecule is CCC(C(=O)NC(C)c1ccc2c(c1)OCCO2)n1nc(C)n2c(cc3occc32)c1=O. The standard InChI is InChI=1S/C23H24N4O5/c1-4-16(22(28)24-13(2)15-5-6-19-21(11-15)32-10-9-31-19)27-23(29)18-12-20-17(7-8-30-20)26(18)14(3)25-27/h5-8,11-13,16H,4,9-10H2,1-3H3,(H,24,28). The fourth-order valence-electron chi connectivity index (χ4n) is 4.20. The molecule has 1 amide bonds. The van der Waals surface area contributed by atoms with Crippen molar-refractivity contribution >= 4 is 22.5 Å². The number of furan rings is 1. The number of ether oxygens (including phenoxy) is 2. The van der Waals surface area contributed by atoms with Crippen molar-refractivity contribution in [2.45, 2.75) is 39.3 Å². The molecule has 4 heterocycles. The summed E-state index contributed by atoms with van der Waals surface area (Å²) in [6, 6.07) is 8.06. The van der Waals surface area contributed by atoms with E-state index in [0.717, 1.165) is 11.1 Å². The third-order valence-electron chi connectivity index (χ3n) is 5.84. The summed E-state index contributed by atoms with van der Waals surface area (Å²) in [6.45, 7) is 6.57. The van der Waals surface area contributed by atoms with Crippen LogP contribution in [0.2, 0.25) is 0 Å². The van der Waals surface area contributed by atoms with Gasteiger partial charge in [0, 0.05) is 12.1 Å². The van der Waals surface area contributed by atoms with Gasteiger partial charge in [0.15, 0.2) is 17.1 Å². The van der Waals surface area contributed by atoms with Crippen LogP contribution in [-0.2, 0) is 4.79 Å². The van der Waals surface area contributed by atoms with Gasteiger partial charge in [-0.1, -0.05) is 13.0 Å². The molecule has 0 saturated carbocycles. The van der Waals surface area contributed by atoms with Gasteiger partial charge in [0.1, 0.15) is 30.6 Å². The number of carbonyl (C=O) groups excluding carboxylic acids is 1. The highest BCUT2D eigenvalue weighted by atomic mass is 16.6. The molecule has 1 aliphatic rings. The number of aryl methyl sites for hydroxylation is 1. The Hall–Kier alpha value is -3.75. The van der Waals surface area contributed by atoms with Gasteiger partial charge in [-0.15, -0.1) is 0 Å². The lowest BCUT2D eigenvalue weighted by Gasteiger charge is -2.23. The van der Waals surface area contributed by atoms with E-state index in [2.05, 4.69) is 10.4 Å². The number of nitrogens with one attached hydrogen (secondary N) is 1. The van der Waals surface area contributed by atoms with Gasteiger partial charge >= 0.3 is 0 Å². The zero-order valence-electron chi connectivity index (χ0n) is 18.1. The second kappa shape index (κ2) is 7.74. The molecule has 9 nitrogen and oxygen atoms in total. The molecule has 4 aromatic rings. The minimum absolute atomic E-state index is 0.275. The molecule has 0 bridgehead atoms. The summed E-state index contributed by atoms with van der Waals surface area (Å²) < 4.78 is 19.7. The number of benzene rings is 1. The molecule has 5 rings (SSSR count). The van der Waals surface area contributed by atoms with Gasteiger partial charge in [-0.3, -0.25) is 14.0 Å². The summed E-state index contributed by atoms with van der Waals surface area (Å²) >= 11 is 0. The van der Waals surface area contributed by atoms with E-state index in [9.17, 15) is 9.59 Å². The molecule has 1 N–H and O–H groups in total. The van der Waals surface area contributed by atoms with Crippen LogP contribution in [0.1, 0.15) is 43.7 Å². The third-order valence-corrected chi connectivity index (χ3v) is 5.84. The smallest absolute Gasteiger partial charge is 0.291 e. The predicted molar refractivity (Wildman–Crippen MR) is 117 cm³/mol. The van der Waals surface area contributed by atoms with Crippen molar-refractivity contribution in [2.24, 2.45) is 0 Å². The van der Waals surface area contributed by atoms with Crippen LogP contribution in [-0.4, -0.2) is 33.3 Å². The summed E-state index contributed by atoms with van der Waals surface area (Å²) in [5.41, 5.74) is 2.36. The van der Waals surface area contributed by atoms with E-state index in [0.29, 0.717) is 48.1 Å². The molecular weight excluding hydrogens is 412 g/mol. The average molecular weight is 436 g/mol. The van der Waals surface area contributed by atoms with Gasteiger partial charge in [0.25, 0.3) is 5.56 Å². The molecule has 0 radical (unpaired) electrons. The summed E-state index contributed by atoms with van der Waals surface area (Å²) in [5.74, 6) is 1.69. The molecule has 32 heavy (non-hydrogen) atoms. The summed E-state index contributed by atoms with van der Waals surface area (Å²) in [7, 11) is 0. The van der Waals surface area contributed by atoms with Crippen molar-refractivity contribution in [1.82, 2.24) is 19.5 Å². The van der Waals surface area contributed by atoms with E-state index in [-0.39, 0.29) is 17.5 Å². The van der Waals surface area contributed by atoms with Crippen LogP contribution in [0.25, 0.3) is 16.6 Å². The van der Waals surface area contributed by atoms with Crippen molar-refractivity contribution in [3.63, 3.8) is 0 Å². The largest absolute Gasteiger partial charge is 0.486 e. The zero-order chi connectivity index (χ0) is 22.4. The van der Waals surface area contributed by atoms with Crippen LogP contribution >= 0.6 is 0 Å². The van der Waals surface area contributed by atoms with Crippen LogP contribution in [0.5, 0.6) is 11.5 Å². The first-order valence-electron chi connectivity index (χ1n) is 10.7. The first kappa shape index (κ1) is 20.2. The van der Waals surface area contributed by atoms with Crippen molar-refractivity contribution in [3.8, 4) is 11.5 Å². The number of fused-ring (bicyclic) bond motifs is 4. The molecule has 0 fully saturated rings. The van der Waals surface area contributed by atoms with E-state index >= 15 is 0 Å². The lowest BCUT2D eigenvalue weighted by Crippen LogP contribution is -2.40. The molecule has 0 aliphatic carbocycles. The average Bonchev–Trinajstić information content (AvgIpc) is 3.39. The number of hydrogen-bond donors (Lipinski definition) is 1. The van der Waals surface area contributed by atoms with Crippen LogP contribution in [0.15, 0.2) is 45.8 Å². The van der Waals surface area contributed by atoms with Crippen LogP contribution < -0.4 is 20.3 Å². The molecule has 166 valence electrons. The third kappa shape index (κ3) is 3.21. The number of rotatable bonds is 5. The van der Waals surface area contributed by atoms with Crippen molar-refractivity contribution in [2.75, 3.05) is 13.2 Å². The number of nitrogens with zero attached hydrogens (tertiary/aromatic N) is 3. The number of hydrogen-bond acceptors (Lipinski definition) is 6. The fraction of sp³-hybridized carbons (Fsp3) is 0.348. The summed E-state index contributed by atoms with van der Waals surface area (Å²) in [5, 5.41) is 7.47. The summed E-state index contributed by atoms with van der Waals surface area (Å²) in [4.78, 5) is 26.4.